The molecule has 0 amide bonds. The summed E-state index contributed by atoms with van der Waals surface area (Å²) < 4.78 is 0. The molecule has 2 heterocycles. The Morgan fingerprint density at radius 1 is 1.62 bits per heavy atom. The molecular formula is C10H12N2S. The van der Waals surface area contributed by atoms with Crippen LogP contribution in [-0.2, 0) is 0 Å². The minimum Gasteiger partial charge on any atom is -0.383 e. The van der Waals surface area contributed by atoms with Crippen LogP contribution in [0.1, 0.15) is 22.8 Å². The van der Waals surface area contributed by atoms with Crippen LogP contribution >= 0.6 is 11.8 Å². The van der Waals surface area contributed by atoms with Gasteiger partial charge in [-0.1, -0.05) is 6.08 Å². The molecule has 1 unspecified atom stereocenters. The topological polar surface area (TPSA) is 38.9 Å². The smallest absolute Gasteiger partial charge is 0.127 e. The fraction of sp³-hybridized carbons (Fsp3) is 0.300. The average molecular weight is 192 g/mol. The largest absolute Gasteiger partial charge is 0.383 e. The molecule has 1 aromatic rings. The fourth-order valence-electron chi connectivity index (χ4n) is 1.45. The molecule has 1 aliphatic rings. The fourth-order valence-corrected chi connectivity index (χ4v) is 2.42. The van der Waals surface area contributed by atoms with Crippen LogP contribution in [0.15, 0.2) is 23.7 Å². The molecule has 0 saturated carbocycles. The van der Waals surface area contributed by atoms with Gasteiger partial charge in [0.25, 0.3) is 0 Å². The molecule has 0 aromatic carbocycles. The maximum Gasteiger partial charge on any atom is 0.127 e. The molecule has 13 heavy (non-hydrogen) atoms. The summed E-state index contributed by atoms with van der Waals surface area (Å²) in [5, 5.41) is 2.61. The molecule has 0 bridgehead atoms. The normalized spacial score (nSPS) is 20.8. The van der Waals surface area contributed by atoms with Crippen molar-refractivity contribution in [2.45, 2.75) is 18.6 Å². The summed E-state index contributed by atoms with van der Waals surface area (Å²) in [5.74, 6) is 0.673. The van der Waals surface area contributed by atoms with Gasteiger partial charge in [0.1, 0.15) is 5.82 Å². The Bertz CT molecular complexity index is 339. The van der Waals surface area contributed by atoms with E-state index in [2.05, 4.69) is 22.5 Å². The molecule has 0 aliphatic carbocycles. The maximum atomic E-state index is 5.82. The Morgan fingerprint density at radius 3 is 3.15 bits per heavy atom. The van der Waals surface area contributed by atoms with Crippen LogP contribution in [0.4, 0.5) is 5.82 Å². The highest BCUT2D eigenvalue weighted by Crippen LogP contribution is 2.40. The molecule has 1 atom stereocenters. The number of anilines is 1. The number of hydrogen-bond acceptors (Lipinski definition) is 3. The summed E-state index contributed by atoms with van der Waals surface area (Å²) >= 11 is 1.82. The number of pyridine rings is 1. The van der Waals surface area contributed by atoms with E-state index in [9.17, 15) is 0 Å². The van der Waals surface area contributed by atoms with Crippen molar-refractivity contribution in [1.82, 2.24) is 4.98 Å². The van der Waals surface area contributed by atoms with E-state index in [4.69, 9.17) is 5.73 Å². The van der Waals surface area contributed by atoms with E-state index in [1.165, 1.54) is 11.1 Å². The first-order valence-electron chi connectivity index (χ1n) is 4.30. The van der Waals surface area contributed by atoms with Crippen LogP contribution in [0.3, 0.4) is 0 Å². The number of aromatic nitrogens is 1. The summed E-state index contributed by atoms with van der Waals surface area (Å²) in [5.41, 5.74) is 8.17. The predicted molar refractivity (Wildman–Crippen MR) is 57.5 cm³/mol. The number of thioether (sulfide) groups is 1. The summed E-state index contributed by atoms with van der Waals surface area (Å²) in [6.45, 7) is 2.04. The van der Waals surface area contributed by atoms with Crippen LogP contribution in [0.2, 0.25) is 0 Å². The van der Waals surface area contributed by atoms with E-state index in [0.29, 0.717) is 11.1 Å². The third kappa shape index (κ3) is 1.70. The molecule has 68 valence electrons. The number of hydrogen-bond donors (Lipinski definition) is 1. The van der Waals surface area contributed by atoms with Gasteiger partial charge in [0.2, 0.25) is 0 Å². The van der Waals surface area contributed by atoms with E-state index in [-0.39, 0.29) is 0 Å². The van der Waals surface area contributed by atoms with Gasteiger partial charge in [-0.3, -0.25) is 0 Å². The van der Waals surface area contributed by atoms with Gasteiger partial charge in [-0.25, -0.2) is 4.98 Å². The van der Waals surface area contributed by atoms with E-state index < -0.39 is 0 Å². The number of nitrogen functional groups attached to an aromatic ring is 1. The minimum atomic E-state index is 0.479. The van der Waals surface area contributed by atoms with E-state index in [1.807, 2.05) is 24.9 Å². The first-order chi connectivity index (χ1) is 6.27. The highest BCUT2D eigenvalue weighted by Gasteiger charge is 2.16. The second-order valence-electron chi connectivity index (χ2n) is 3.22. The van der Waals surface area contributed by atoms with Gasteiger partial charge in [0, 0.05) is 17.0 Å². The summed E-state index contributed by atoms with van der Waals surface area (Å²) in [4.78, 5) is 4.16. The minimum absolute atomic E-state index is 0.479. The van der Waals surface area contributed by atoms with Crippen molar-refractivity contribution in [2.75, 3.05) is 5.73 Å². The Kier molecular flexibility index (Phi) is 2.27. The Morgan fingerprint density at radius 2 is 2.46 bits per heavy atom. The first-order valence-corrected chi connectivity index (χ1v) is 5.24. The molecule has 0 saturated heterocycles. The molecular weight excluding hydrogens is 180 g/mol. The standard InChI is InChI=1S/C10H12N2S/c1-7-5-8(10(11)12-6-7)9-3-2-4-13-9/h2,4-6,9H,3H2,1H3,(H2,11,12). The Balaban J connectivity index is 2.33. The van der Waals surface area contributed by atoms with Crippen molar-refractivity contribution >= 4 is 17.6 Å². The van der Waals surface area contributed by atoms with Gasteiger partial charge >= 0.3 is 0 Å². The van der Waals surface area contributed by atoms with Gasteiger partial charge in [-0.2, -0.15) is 0 Å². The monoisotopic (exact) mass is 192 g/mol. The van der Waals surface area contributed by atoms with Crippen molar-refractivity contribution in [3.05, 3.63) is 34.9 Å². The molecule has 0 fully saturated rings. The zero-order valence-electron chi connectivity index (χ0n) is 7.53. The van der Waals surface area contributed by atoms with Gasteiger partial charge in [0.15, 0.2) is 0 Å². The lowest BCUT2D eigenvalue weighted by Crippen LogP contribution is -2.00. The average Bonchev–Trinajstić information content (AvgIpc) is 2.61. The van der Waals surface area contributed by atoms with Crippen molar-refractivity contribution in [1.29, 1.82) is 0 Å². The number of nitrogens with zero attached hydrogens (tertiary/aromatic N) is 1. The third-order valence-corrected chi connectivity index (χ3v) is 3.25. The molecule has 1 aromatic heterocycles. The lowest BCUT2D eigenvalue weighted by atomic mass is 10.1. The molecule has 1 aliphatic heterocycles. The summed E-state index contributed by atoms with van der Waals surface area (Å²) in [7, 11) is 0. The molecule has 2 rings (SSSR count). The molecule has 2 N–H and O–H groups in total. The van der Waals surface area contributed by atoms with Crippen LogP contribution in [0.25, 0.3) is 0 Å². The quantitative estimate of drug-likeness (QED) is 0.743. The third-order valence-electron chi connectivity index (χ3n) is 2.12. The second-order valence-corrected chi connectivity index (χ2v) is 4.33. The summed E-state index contributed by atoms with van der Waals surface area (Å²) in [6, 6.07) is 2.13. The predicted octanol–water partition coefficient (Wildman–Crippen LogP) is 2.66. The highest BCUT2D eigenvalue weighted by atomic mass is 32.2. The van der Waals surface area contributed by atoms with E-state index >= 15 is 0 Å². The van der Waals surface area contributed by atoms with Gasteiger partial charge in [-0.05, 0) is 30.4 Å². The van der Waals surface area contributed by atoms with Crippen LogP contribution < -0.4 is 5.73 Å². The van der Waals surface area contributed by atoms with Gasteiger partial charge in [-0.15, -0.1) is 11.8 Å². The van der Waals surface area contributed by atoms with Crippen LogP contribution in [0.5, 0.6) is 0 Å². The van der Waals surface area contributed by atoms with Crippen LogP contribution in [-0.4, -0.2) is 4.98 Å². The lowest BCUT2D eigenvalue weighted by Gasteiger charge is -2.11. The highest BCUT2D eigenvalue weighted by molar-refractivity contribution is 8.02. The molecule has 0 spiro atoms. The molecule has 3 heteroatoms. The number of rotatable bonds is 1. The number of nitrogens with two attached hydrogens (primary N) is 1. The summed E-state index contributed by atoms with van der Waals surface area (Å²) in [6.07, 6.45) is 5.06. The SMILES string of the molecule is Cc1cnc(N)c(C2CC=CS2)c1. The first kappa shape index (κ1) is 8.63. The number of aryl methyl sites for hydroxylation is 1. The molecule has 2 nitrogen and oxygen atoms in total. The van der Waals surface area contributed by atoms with Crippen molar-refractivity contribution in [3.63, 3.8) is 0 Å². The maximum absolute atomic E-state index is 5.82. The van der Waals surface area contributed by atoms with E-state index in [1.54, 1.807) is 0 Å². The zero-order chi connectivity index (χ0) is 9.26. The van der Waals surface area contributed by atoms with Crippen molar-refractivity contribution in [3.8, 4) is 0 Å². The van der Waals surface area contributed by atoms with Gasteiger partial charge in [0.05, 0.1) is 0 Å². The van der Waals surface area contributed by atoms with Crippen molar-refractivity contribution in [2.24, 2.45) is 0 Å². The van der Waals surface area contributed by atoms with Crippen LogP contribution in [0, 0.1) is 6.92 Å². The Hall–Kier alpha value is -0.960. The van der Waals surface area contributed by atoms with Crippen molar-refractivity contribution < 1.29 is 0 Å². The Labute approximate surface area is 82.2 Å². The second kappa shape index (κ2) is 3.42. The molecule has 0 radical (unpaired) electrons. The van der Waals surface area contributed by atoms with E-state index in [0.717, 1.165) is 6.42 Å². The lowest BCUT2D eigenvalue weighted by molar-refractivity contribution is 0.977. The number of allylic oxidation sites excluding steroid dienone is 1. The zero-order valence-corrected chi connectivity index (χ0v) is 8.34. The van der Waals surface area contributed by atoms with Gasteiger partial charge < -0.3 is 5.73 Å².